The van der Waals surface area contributed by atoms with Crippen LogP contribution >= 0.6 is 11.8 Å². The van der Waals surface area contributed by atoms with Crippen molar-refractivity contribution in [1.29, 1.82) is 0 Å². The molecule has 2 aromatic rings. The average Bonchev–Trinajstić information content (AvgIpc) is 2.75. The summed E-state index contributed by atoms with van der Waals surface area (Å²) in [6, 6.07) is 15.9. The summed E-state index contributed by atoms with van der Waals surface area (Å²) in [5.74, 6) is 1.65. The van der Waals surface area contributed by atoms with E-state index < -0.39 is 6.29 Å². The van der Waals surface area contributed by atoms with Gasteiger partial charge in [-0.15, -0.1) is 0 Å². The highest BCUT2D eigenvalue weighted by atomic mass is 32.2. The number of hydrogen-bond acceptors (Lipinski definition) is 6. The Morgan fingerprint density at radius 2 is 1.57 bits per heavy atom. The van der Waals surface area contributed by atoms with E-state index in [4.69, 9.17) is 20.3 Å². The molecule has 1 heterocycles. The first-order valence-corrected chi connectivity index (χ1v) is 10.8. The van der Waals surface area contributed by atoms with Crippen LogP contribution in [0.4, 0.5) is 0 Å². The zero-order valence-electron chi connectivity index (χ0n) is 16.2. The summed E-state index contributed by atoms with van der Waals surface area (Å²) in [5, 5.41) is 18.4. The van der Waals surface area contributed by atoms with Gasteiger partial charge in [0.1, 0.15) is 0 Å². The van der Waals surface area contributed by atoms with E-state index >= 15 is 0 Å². The highest BCUT2D eigenvalue weighted by molar-refractivity contribution is 7.99. The molecule has 152 valence electrons. The molecule has 3 rings (SSSR count). The van der Waals surface area contributed by atoms with Gasteiger partial charge < -0.3 is 25.4 Å². The second-order valence-electron chi connectivity index (χ2n) is 7.07. The Hall–Kier alpha value is -1.41. The van der Waals surface area contributed by atoms with Crippen LogP contribution < -0.4 is 5.73 Å². The van der Waals surface area contributed by atoms with Crippen molar-refractivity contribution < 1.29 is 19.7 Å². The second kappa shape index (κ2) is 10.4. The van der Waals surface area contributed by atoms with Crippen molar-refractivity contribution in [3.8, 4) is 0 Å². The molecular formula is C22H29NO4S. The van der Waals surface area contributed by atoms with Crippen molar-refractivity contribution in [3.05, 3.63) is 70.8 Å². The molecule has 0 amide bonds. The summed E-state index contributed by atoms with van der Waals surface area (Å²) in [4.78, 5) is 0. The SMILES string of the molecule is C[C@@H]1[C@H](CSCCO)O[C@H](c2ccc(CN)cc2)O[C@@H]1c1ccc(CO)cc1. The fourth-order valence-corrected chi connectivity index (χ4v) is 4.29. The molecule has 0 radical (unpaired) electrons. The van der Waals surface area contributed by atoms with Gasteiger partial charge in [-0.25, -0.2) is 0 Å². The third-order valence-electron chi connectivity index (χ3n) is 5.13. The van der Waals surface area contributed by atoms with Crippen molar-refractivity contribution in [2.24, 2.45) is 11.7 Å². The molecule has 2 aromatic carbocycles. The smallest absolute Gasteiger partial charge is 0.184 e. The van der Waals surface area contributed by atoms with Crippen LogP contribution in [0.25, 0.3) is 0 Å². The van der Waals surface area contributed by atoms with Crippen molar-refractivity contribution in [2.45, 2.75) is 38.6 Å². The molecule has 0 spiro atoms. The summed E-state index contributed by atoms with van der Waals surface area (Å²) in [6.07, 6.45) is -0.558. The fraction of sp³-hybridized carbons (Fsp3) is 0.455. The van der Waals surface area contributed by atoms with Crippen LogP contribution in [0.3, 0.4) is 0 Å². The molecular weight excluding hydrogens is 374 g/mol. The first-order valence-electron chi connectivity index (χ1n) is 9.64. The van der Waals surface area contributed by atoms with Crippen LogP contribution in [0.1, 0.15) is 41.6 Å². The van der Waals surface area contributed by atoms with E-state index in [1.165, 1.54) is 0 Å². The first kappa shape index (κ1) is 21.3. The number of nitrogens with two attached hydrogens (primary N) is 1. The fourth-order valence-electron chi connectivity index (χ4n) is 3.38. The van der Waals surface area contributed by atoms with E-state index in [-0.39, 0.29) is 31.3 Å². The number of ether oxygens (including phenoxy) is 2. The van der Waals surface area contributed by atoms with Gasteiger partial charge in [-0.1, -0.05) is 55.5 Å². The van der Waals surface area contributed by atoms with Gasteiger partial charge in [0.15, 0.2) is 6.29 Å². The van der Waals surface area contributed by atoms with E-state index in [9.17, 15) is 5.11 Å². The van der Waals surface area contributed by atoms with Crippen LogP contribution in [0, 0.1) is 5.92 Å². The number of aliphatic hydroxyl groups excluding tert-OH is 2. The maximum Gasteiger partial charge on any atom is 0.184 e. The molecule has 0 aliphatic carbocycles. The molecule has 4 N–H and O–H groups in total. The van der Waals surface area contributed by atoms with E-state index in [0.717, 1.165) is 28.0 Å². The molecule has 6 heteroatoms. The molecule has 1 fully saturated rings. The summed E-state index contributed by atoms with van der Waals surface area (Å²) in [5.41, 5.74) is 9.70. The lowest BCUT2D eigenvalue weighted by atomic mass is 9.91. The number of thioether (sulfide) groups is 1. The summed E-state index contributed by atoms with van der Waals surface area (Å²) >= 11 is 1.69. The van der Waals surface area contributed by atoms with E-state index in [1.807, 2.05) is 48.5 Å². The highest BCUT2D eigenvalue weighted by Gasteiger charge is 2.38. The standard InChI is InChI=1S/C22H29NO4S/c1-15-20(14-28-11-10-24)26-22(19-8-2-16(12-23)3-9-19)27-21(15)18-6-4-17(13-25)5-7-18/h2-9,15,20-22,24-25H,10-14,23H2,1H3/t15-,20+,21+,22+/m1/s1. The zero-order valence-corrected chi connectivity index (χ0v) is 17.0. The predicted octanol–water partition coefficient (Wildman–Crippen LogP) is 3.15. The minimum Gasteiger partial charge on any atom is -0.396 e. The van der Waals surface area contributed by atoms with Crippen molar-refractivity contribution in [1.82, 2.24) is 0 Å². The average molecular weight is 404 g/mol. The number of benzene rings is 2. The number of hydrogen-bond donors (Lipinski definition) is 3. The van der Waals surface area contributed by atoms with Crippen molar-refractivity contribution >= 4 is 11.8 Å². The van der Waals surface area contributed by atoms with Gasteiger partial charge in [0.25, 0.3) is 0 Å². The minimum atomic E-state index is -0.453. The third-order valence-corrected chi connectivity index (χ3v) is 6.16. The summed E-state index contributed by atoms with van der Waals surface area (Å²) in [6.45, 7) is 2.84. The van der Waals surface area contributed by atoms with Gasteiger partial charge in [0, 0.05) is 29.5 Å². The Labute approximate surface area is 170 Å². The Balaban J connectivity index is 1.83. The van der Waals surface area contributed by atoms with E-state index in [0.29, 0.717) is 12.3 Å². The van der Waals surface area contributed by atoms with Crippen LogP contribution in [0.2, 0.25) is 0 Å². The Bertz CT molecular complexity index is 722. The van der Waals surface area contributed by atoms with Gasteiger partial charge in [-0.3, -0.25) is 0 Å². The maximum absolute atomic E-state index is 9.30. The van der Waals surface area contributed by atoms with Crippen molar-refractivity contribution in [3.63, 3.8) is 0 Å². The summed E-state index contributed by atoms with van der Waals surface area (Å²) in [7, 11) is 0. The van der Waals surface area contributed by atoms with Crippen LogP contribution in [-0.2, 0) is 22.6 Å². The second-order valence-corrected chi connectivity index (χ2v) is 8.22. The van der Waals surface area contributed by atoms with Gasteiger partial charge in [0.2, 0.25) is 0 Å². The molecule has 0 saturated carbocycles. The number of rotatable bonds is 8. The van der Waals surface area contributed by atoms with Gasteiger partial charge in [-0.2, -0.15) is 11.8 Å². The topological polar surface area (TPSA) is 84.9 Å². The predicted molar refractivity (Wildman–Crippen MR) is 112 cm³/mol. The molecule has 28 heavy (non-hydrogen) atoms. The normalized spacial score (nSPS) is 25.0. The van der Waals surface area contributed by atoms with Gasteiger partial charge >= 0.3 is 0 Å². The van der Waals surface area contributed by atoms with Crippen molar-refractivity contribution in [2.75, 3.05) is 18.1 Å². The molecule has 0 unspecified atom stereocenters. The lowest BCUT2D eigenvalue weighted by molar-refractivity contribution is -0.268. The zero-order chi connectivity index (χ0) is 19.9. The van der Waals surface area contributed by atoms with E-state index in [2.05, 4.69) is 6.92 Å². The Kier molecular flexibility index (Phi) is 7.91. The lowest BCUT2D eigenvalue weighted by Crippen LogP contribution is -2.38. The molecule has 0 bridgehead atoms. The van der Waals surface area contributed by atoms with Crippen LogP contribution in [-0.4, -0.2) is 34.4 Å². The maximum atomic E-state index is 9.30. The largest absolute Gasteiger partial charge is 0.396 e. The Morgan fingerprint density at radius 1 is 0.929 bits per heavy atom. The summed E-state index contributed by atoms with van der Waals surface area (Å²) < 4.78 is 12.7. The van der Waals surface area contributed by atoms with Gasteiger partial charge in [0.05, 0.1) is 25.4 Å². The number of aliphatic hydroxyl groups is 2. The van der Waals surface area contributed by atoms with Crippen LogP contribution in [0.15, 0.2) is 48.5 Å². The molecule has 4 atom stereocenters. The molecule has 5 nitrogen and oxygen atoms in total. The molecule has 1 saturated heterocycles. The van der Waals surface area contributed by atoms with Crippen LogP contribution in [0.5, 0.6) is 0 Å². The molecule has 1 aliphatic rings. The monoisotopic (exact) mass is 403 g/mol. The minimum absolute atomic E-state index is 0.00648. The first-order chi connectivity index (χ1) is 13.7. The van der Waals surface area contributed by atoms with E-state index in [1.54, 1.807) is 11.8 Å². The highest BCUT2D eigenvalue weighted by Crippen LogP contribution is 2.42. The Morgan fingerprint density at radius 3 is 2.18 bits per heavy atom. The quantitative estimate of drug-likeness (QED) is 0.587. The molecule has 0 aromatic heterocycles. The third kappa shape index (κ3) is 5.14. The lowest BCUT2D eigenvalue weighted by Gasteiger charge is -2.41. The molecule has 1 aliphatic heterocycles. The van der Waals surface area contributed by atoms with Gasteiger partial charge in [-0.05, 0) is 16.7 Å².